The van der Waals surface area contributed by atoms with E-state index in [1.807, 2.05) is 0 Å². The molecule has 2 aromatic rings. The summed E-state index contributed by atoms with van der Waals surface area (Å²) in [6.45, 7) is 0. The van der Waals surface area contributed by atoms with Crippen LogP contribution < -0.4 is 9.46 Å². The van der Waals surface area contributed by atoms with Gasteiger partial charge in [0.2, 0.25) is 0 Å². The monoisotopic (exact) mass is 411 g/mol. The minimum atomic E-state index is -4.50. The maximum Gasteiger partial charge on any atom is 0.267 e. The van der Waals surface area contributed by atoms with Crippen molar-refractivity contribution in [3.63, 3.8) is 0 Å². The van der Waals surface area contributed by atoms with Gasteiger partial charge in [-0.3, -0.25) is 4.72 Å². The molecule has 0 aliphatic heterocycles. The summed E-state index contributed by atoms with van der Waals surface area (Å²) >= 11 is 9.01. The minimum Gasteiger partial charge on any atom is -0.493 e. The van der Waals surface area contributed by atoms with Crippen molar-refractivity contribution < 1.29 is 21.9 Å². The Kier molecular flexibility index (Phi) is 4.93. The van der Waals surface area contributed by atoms with Gasteiger partial charge in [-0.2, -0.15) is 0 Å². The standard InChI is InChI=1S/C13H9BrClF2NO3S/c1-21-12-8(14)5-7(15)6-11(12)18-22(19,20)13-9(16)3-2-4-10(13)17/h2-6,18H,1H3. The topological polar surface area (TPSA) is 55.4 Å². The Morgan fingerprint density at radius 1 is 1.23 bits per heavy atom. The molecule has 22 heavy (non-hydrogen) atoms. The molecule has 0 spiro atoms. The van der Waals surface area contributed by atoms with Crippen LogP contribution in [0.3, 0.4) is 0 Å². The predicted molar refractivity (Wildman–Crippen MR) is 82.9 cm³/mol. The lowest BCUT2D eigenvalue weighted by atomic mass is 10.3. The molecule has 0 aliphatic carbocycles. The van der Waals surface area contributed by atoms with Crippen LogP contribution in [-0.2, 0) is 10.0 Å². The fourth-order valence-corrected chi connectivity index (χ4v) is 3.94. The lowest BCUT2D eigenvalue weighted by Gasteiger charge is -2.14. The maximum absolute atomic E-state index is 13.7. The van der Waals surface area contributed by atoms with E-state index in [-0.39, 0.29) is 16.5 Å². The molecule has 9 heteroatoms. The normalized spacial score (nSPS) is 11.3. The second kappa shape index (κ2) is 6.39. The highest BCUT2D eigenvalue weighted by Gasteiger charge is 2.25. The van der Waals surface area contributed by atoms with Crippen LogP contribution in [-0.4, -0.2) is 15.5 Å². The van der Waals surface area contributed by atoms with Gasteiger partial charge >= 0.3 is 0 Å². The van der Waals surface area contributed by atoms with E-state index in [1.54, 1.807) is 0 Å². The molecule has 4 nitrogen and oxygen atoms in total. The highest BCUT2D eigenvalue weighted by atomic mass is 79.9. The summed E-state index contributed by atoms with van der Waals surface area (Å²) in [5.74, 6) is -2.27. The van der Waals surface area contributed by atoms with Crippen molar-refractivity contribution in [3.05, 3.63) is 51.5 Å². The Labute approximate surface area is 139 Å². The minimum absolute atomic E-state index is 0.0514. The molecule has 0 unspecified atom stereocenters. The van der Waals surface area contributed by atoms with Gasteiger partial charge in [-0.15, -0.1) is 0 Å². The Bertz CT molecular complexity index is 810. The second-order valence-corrected chi connectivity index (χ2v) is 7.03. The average Bonchev–Trinajstić information content (AvgIpc) is 2.36. The van der Waals surface area contributed by atoms with E-state index in [4.69, 9.17) is 16.3 Å². The van der Waals surface area contributed by atoms with Crippen LogP contribution in [0.4, 0.5) is 14.5 Å². The fraction of sp³-hybridized carbons (Fsp3) is 0.0769. The van der Waals surface area contributed by atoms with Gasteiger partial charge < -0.3 is 4.74 Å². The number of halogens is 4. The predicted octanol–water partition coefficient (Wildman–Crippen LogP) is 4.19. The van der Waals surface area contributed by atoms with E-state index in [9.17, 15) is 17.2 Å². The van der Waals surface area contributed by atoms with Crippen molar-refractivity contribution in [2.75, 3.05) is 11.8 Å². The summed E-state index contributed by atoms with van der Waals surface area (Å²) in [5, 5.41) is 0.208. The summed E-state index contributed by atoms with van der Waals surface area (Å²) in [6.07, 6.45) is 0. The smallest absolute Gasteiger partial charge is 0.267 e. The molecule has 2 aromatic carbocycles. The Hall–Kier alpha value is -1.38. The lowest BCUT2D eigenvalue weighted by molar-refractivity contribution is 0.414. The highest BCUT2D eigenvalue weighted by Crippen LogP contribution is 2.37. The van der Waals surface area contributed by atoms with Crippen molar-refractivity contribution in [1.29, 1.82) is 0 Å². The van der Waals surface area contributed by atoms with E-state index in [2.05, 4.69) is 20.7 Å². The first-order valence-corrected chi connectivity index (χ1v) is 8.41. The summed E-state index contributed by atoms with van der Waals surface area (Å²) in [5.41, 5.74) is -0.0514. The third kappa shape index (κ3) is 3.34. The quantitative estimate of drug-likeness (QED) is 0.819. The van der Waals surface area contributed by atoms with Gasteiger partial charge in [-0.05, 0) is 40.2 Å². The number of anilines is 1. The van der Waals surface area contributed by atoms with Crippen molar-refractivity contribution in [3.8, 4) is 5.75 Å². The zero-order chi connectivity index (χ0) is 16.5. The van der Waals surface area contributed by atoms with Gasteiger partial charge in [-0.1, -0.05) is 17.7 Å². The maximum atomic E-state index is 13.7. The average molecular weight is 413 g/mol. The third-order valence-corrected chi connectivity index (χ3v) is 4.87. The van der Waals surface area contributed by atoms with Crippen LogP contribution in [0.25, 0.3) is 0 Å². The number of methoxy groups -OCH3 is 1. The number of benzene rings is 2. The first kappa shape index (κ1) is 17.0. The van der Waals surface area contributed by atoms with Gasteiger partial charge in [-0.25, -0.2) is 17.2 Å². The molecule has 0 aromatic heterocycles. The molecule has 0 saturated heterocycles. The molecule has 1 N–H and O–H groups in total. The molecule has 0 heterocycles. The molecule has 0 fully saturated rings. The zero-order valence-electron chi connectivity index (χ0n) is 11.0. The van der Waals surface area contributed by atoms with Crippen LogP contribution in [0.5, 0.6) is 5.75 Å². The largest absolute Gasteiger partial charge is 0.493 e. The highest BCUT2D eigenvalue weighted by molar-refractivity contribution is 9.10. The van der Waals surface area contributed by atoms with E-state index in [0.717, 1.165) is 18.2 Å². The Balaban J connectivity index is 2.55. The van der Waals surface area contributed by atoms with Crippen molar-refractivity contribution in [1.82, 2.24) is 0 Å². The first-order valence-electron chi connectivity index (χ1n) is 5.76. The van der Waals surface area contributed by atoms with Crippen molar-refractivity contribution in [2.24, 2.45) is 0 Å². The van der Waals surface area contributed by atoms with Crippen LogP contribution in [0, 0.1) is 11.6 Å². The SMILES string of the molecule is COc1c(Br)cc(Cl)cc1NS(=O)(=O)c1c(F)cccc1F. The van der Waals surface area contributed by atoms with Crippen LogP contribution >= 0.6 is 27.5 Å². The van der Waals surface area contributed by atoms with E-state index in [0.29, 0.717) is 4.47 Å². The molecule has 0 aliphatic rings. The lowest BCUT2D eigenvalue weighted by Crippen LogP contribution is -2.17. The number of ether oxygens (including phenoxy) is 1. The van der Waals surface area contributed by atoms with Crippen LogP contribution in [0.2, 0.25) is 5.02 Å². The second-order valence-electron chi connectivity index (χ2n) is 4.12. The van der Waals surface area contributed by atoms with Gasteiger partial charge in [0.1, 0.15) is 11.6 Å². The summed E-state index contributed by atoms with van der Waals surface area (Å²) in [6, 6.07) is 5.52. The number of rotatable bonds is 4. The van der Waals surface area contributed by atoms with Gasteiger partial charge in [0, 0.05) is 5.02 Å². The molecule has 0 radical (unpaired) electrons. The van der Waals surface area contributed by atoms with Gasteiger partial charge in [0.15, 0.2) is 10.6 Å². The van der Waals surface area contributed by atoms with E-state index < -0.39 is 26.6 Å². The fourth-order valence-electron chi connectivity index (χ4n) is 1.78. The Morgan fingerprint density at radius 2 is 1.82 bits per heavy atom. The number of sulfonamides is 1. The molecule has 0 amide bonds. The summed E-state index contributed by atoms with van der Waals surface area (Å²) in [4.78, 5) is -1.08. The Morgan fingerprint density at radius 3 is 2.36 bits per heavy atom. The first-order chi connectivity index (χ1) is 10.3. The third-order valence-electron chi connectivity index (χ3n) is 2.64. The van der Waals surface area contributed by atoms with E-state index >= 15 is 0 Å². The van der Waals surface area contributed by atoms with Crippen LogP contribution in [0.15, 0.2) is 39.7 Å². The van der Waals surface area contributed by atoms with Crippen LogP contribution in [0.1, 0.15) is 0 Å². The number of hydrogen-bond donors (Lipinski definition) is 1. The molecular formula is C13H9BrClF2NO3S. The van der Waals surface area contributed by atoms with E-state index in [1.165, 1.54) is 19.2 Å². The molecule has 0 atom stereocenters. The number of hydrogen-bond acceptors (Lipinski definition) is 3. The molecule has 118 valence electrons. The van der Waals surface area contributed by atoms with Crippen molar-refractivity contribution in [2.45, 2.75) is 4.90 Å². The molecule has 0 saturated carbocycles. The molecular weight excluding hydrogens is 404 g/mol. The van der Waals surface area contributed by atoms with Crippen molar-refractivity contribution >= 4 is 43.2 Å². The number of nitrogens with one attached hydrogen (secondary N) is 1. The zero-order valence-corrected chi connectivity index (χ0v) is 14.2. The molecule has 0 bridgehead atoms. The summed E-state index contributed by atoms with van der Waals surface area (Å²) < 4.78 is 59.3. The molecule has 2 rings (SSSR count). The van der Waals surface area contributed by atoms with Gasteiger partial charge in [0.05, 0.1) is 17.3 Å². The van der Waals surface area contributed by atoms with Gasteiger partial charge in [0.25, 0.3) is 10.0 Å². The summed E-state index contributed by atoms with van der Waals surface area (Å²) in [7, 11) is -3.19.